The topological polar surface area (TPSA) is 154 Å². The van der Waals surface area contributed by atoms with Gasteiger partial charge in [0, 0.05) is 36.8 Å². The molecule has 5 atom stereocenters. The molecule has 1 saturated carbocycles. The lowest BCUT2D eigenvalue weighted by Crippen LogP contribution is -2.60. The number of rotatable bonds is 6. The van der Waals surface area contributed by atoms with Gasteiger partial charge in [0.1, 0.15) is 18.1 Å². The molecule has 2 N–H and O–H groups in total. The summed E-state index contributed by atoms with van der Waals surface area (Å²) in [5, 5.41) is 19.5. The first-order valence-corrected chi connectivity index (χ1v) is 13.0. The van der Waals surface area contributed by atoms with E-state index < -0.39 is 34.9 Å². The maximum Gasteiger partial charge on any atom is 0.259 e. The Balaban J connectivity index is 1.67. The van der Waals surface area contributed by atoms with Crippen molar-refractivity contribution in [3.05, 3.63) is 29.8 Å². The van der Waals surface area contributed by atoms with Gasteiger partial charge in [-0.1, -0.05) is 53.6 Å². The van der Waals surface area contributed by atoms with Crippen molar-refractivity contribution in [2.75, 3.05) is 6.54 Å². The Bertz CT molecular complexity index is 1370. The molecule has 208 valence electrons. The van der Waals surface area contributed by atoms with E-state index in [2.05, 4.69) is 52.6 Å². The van der Waals surface area contributed by atoms with Crippen molar-refractivity contribution in [2.24, 2.45) is 21.7 Å². The van der Waals surface area contributed by atoms with Gasteiger partial charge < -0.3 is 20.1 Å². The van der Waals surface area contributed by atoms with E-state index in [-0.39, 0.29) is 28.5 Å². The van der Waals surface area contributed by atoms with Gasteiger partial charge in [-0.2, -0.15) is 10.2 Å². The highest BCUT2D eigenvalue weighted by Crippen LogP contribution is 2.83. The Kier molecular flexibility index (Phi) is 6.61. The number of carbonyl (C=O) groups excluding carboxylic acids is 3. The molecule has 0 aromatic carbocycles. The lowest BCUT2D eigenvalue weighted by Gasteiger charge is -2.39. The van der Waals surface area contributed by atoms with Gasteiger partial charge in [0.15, 0.2) is 5.82 Å². The average molecular weight is 536 g/mol. The predicted molar refractivity (Wildman–Crippen MR) is 141 cm³/mol. The maximum atomic E-state index is 14.0. The van der Waals surface area contributed by atoms with Crippen molar-refractivity contribution in [1.29, 1.82) is 5.26 Å². The third-order valence-electron chi connectivity index (χ3n) is 9.38. The van der Waals surface area contributed by atoms with Crippen molar-refractivity contribution in [3.63, 3.8) is 0 Å². The number of fused-ring (bicyclic) bond motifs is 1. The van der Waals surface area contributed by atoms with Crippen LogP contribution in [0.15, 0.2) is 23.0 Å². The second-order valence-electron chi connectivity index (χ2n) is 12.8. The largest absolute Gasteiger partial charge is 0.344 e. The van der Waals surface area contributed by atoms with Crippen LogP contribution in [-0.4, -0.2) is 56.4 Å². The molecule has 2 aromatic heterocycles. The number of nitrogens with zero attached hydrogens (tertiary/aromatic N) is 5. The Morgan fingerprint density at radius 1 is 1.18 bits per heavy atom. The molecule has 1 aliphatic carbocycles. The van der Waals surface area contributed by atoms with E-state index in [1.165, 1.54) is 19.3 Å². The predicted octanol–water partition coefficient (Wildman–Crippen LogP) is 2.93. The second kappa shape index (κ2) is 9.14. The molecule has 1 saturated heterocycles. The van der Waals surface area contributed by atoms with Crippen LogP contribution in [0.1, 0.15) is 72.8 Å². The number of hydrogen-bond donors (Lipinski definition) is 2. The summed E-state index contributed by atoms with van der Waals surface area (Å²) in [6, 6.07) is 1.13. The normalized spacial score (nSPS) is 26.7. The van der Waals surface area contributed by atoms with E-state index in [0.717, 1.165) is 0 Å². The number of aryl methyl sites for hydroxylation is 1. The smallest absolute Gasteiger partial charge is 0.259 e. The maximum absolute atomic E-state index is 14.0. The zero-order valence-electron chi connectivity index (χ0n) is 24.0. The zero-order chi connectivity index (χ0) is 29.1. The molecule has 1 aliphatic heterocycles. The number of aromatic nitrogens is 3. The van der Waals surface area contributed by atoms with Crippen LogP contribution in [0.3, 0.4) is 0 Å². The van der Waals surface area contributed by atoms with Crippen molar-refractivity contribution in [1.82, 2.24) is 30.7 Å². The fourth-order valence-corrected chi connectivity index (χ4v) is 6.42. The fraction of sp³-hybridized carbons (Fsp3) is 0.607. The summed E-state index contributed by atoms with van der Waals surface area (Å²) in [4.78, 5) is 50.0. The number of piperidine rings is 1. The molecule has 4 rings (SSSR count). The van der Waals surface area contributed by atoms with Crippen LogP contribution in [0.2, 0.25) is 0 Å². The Morgan fingerprint density at radius 2 is 1.85 bits per heavy atom. The van der Waals surface area contributed by atoms with E-state index in [9.17, 15) is 19.6 Å². The lowest BCUT2D eigenvalue weighted by atomic mass is 9.84. The highest BCUT2D eigenvalue weighted by molar-refractivity contribution is 5.94. The third-order valence-corrected chi connectivity index (χ3v) is 9.38. The first-order valence-electron chi connectivity index (χ1n) is 13.0. The van der Waals surface area contributed by atoms with Gasteiger partial charge in [0.2, 0.25) is 17.7 Å². The van der Waals surface area contributed by atoms with Crippen LogP contribution in [0, 0.1) is 39.9 Å². The quantitative estimate of drug-likeness (QED) is 0.572. The zero-order valence-corrected chi connectivity index (χ0v) is 24.0. The number of nitriles is 1. The molecule has 39 heavy (non-hydrogen) atoms. The molecule has 2 aromatic rings. The van der Waals surface area contributed by atoms with Crippen LogP contribution in [0.4, 0.5) is 0 Å². The molecule has 11 heteroatoms. The van der Waals surface area contributed by atoms with Crippen LogP contribution in [-0.2, 0) is 14.4 Å². The Morgan fingerprint density at radius 3 is 2.38 bits per heavy atom. The minimum atomic E-state index is -1.03. The Labute approximate surface area is 228 Å². The number of nitrogens with one attached hydrogen (secondary N) is 2. The SMILES string of the molecule is CC(=O)N[C@H](C(=O)N1C[C@]2(C)C(C)(C)[C@]2(C)[C@H]1C(=O)NC(C#N)c1cncc(-c2nc(C)no2)c1)C(C)(C)C. The van der Waals surface area contributed by atoms with E-state index in [1.54, 1.807) is 17.9 Å². The molecule has 2 fully saturated rings. The van der Waals surface area contributed by atoms with Gasteiger partial charge in [-0.05, 0) is 29.2 Å². The standard InChI is InChI=1S/C28H37N7O4/c1-15-31-23(39-34-15)18-10-17(12-30-13-18)19(11-29)33-22(37)21-28(9)26(6,7)27(28,8)14-35(21)24(38)20(25(3,4)5)32-16(2)36/h10,12-13,19-21H,14H2,1-9H3,(H,32,36)(H,33,37)/t19?,20-,21-,27-,28+/m1/s1. The van der Waals surface area contributed by atoms with E-state index in [1.807, 2.05) is 27.7 Å². The van der Waals surface area contributed by atoms with Crippen LogP contribution < -0.4 is 10.6 Å². The first-order chi connectivity index (χ1) is 18.0. The summed E-state index contributed by atoms with van der Waals surface area (Å²) in [5.41, 5.74) is -0.711. The molecule has 0 spiro atoms. The molecule has 0 bridgehead atoms. The molecule has 11 nitrogen and oxygen atoms in total. The van der Waals surface area contributed by atoms with Gasteiger partial charge in [0.05, 0.1) is 11.6 Å². The van der Waals surface area contributed by atoms with Gasteiger partial charge >= 0.3 is 0 Å². The number of pyridine rings is 1. The number of amides is 3. The molecular formula is C28H37N7O4. The van der Waals surface area contributed by atoms with Crippen molar-refractivity contribution >= 4 is 17.7 Å². The average Bonchev–Trinajstić information content (AvgIpc) is 3.24. The summed E-state index contributed by atoms with van der Waals surface area (Å²) in [7, 11) is 0. The summed E-state index contributed by atoms with van der Waals surface area (Å²) < 4.78 is 5.22. The summed E-state index contributed by atoms with van der Waals surface area (Å²) >= 11 is 0. The Hall–Kier alpha value is -3.81. The van der Waals surface area contributed by atoms with Gasteiger partial charge in [-0.15, -0.1) is 0 Å². The van der Waals surface area contributed by atoms with Crippen molar-refractivity contribution in [3.8, 4) is 17.5 Å². The number of carbonyl (C=O) groups is 3. The minimum Gasteiger partial charge on any atom is -0.344 e. The van der Waals surface area contributed by atoms with Crippen LogP contribution in [0.5, 0.6) is 0 Å². The van der Waals surface area contributed by atoms with Crippen molar-refractivity contribution in [2.45, 2.75) is 80.4 Å². The summed E-state index contributed by atoms with van der Waals surface area (Å²) in [6.07, 6.45) is 3.04. The minimum absolute atomic E-state index is 0.233. The number of hydrogen-bond acceptors (Lipinski definition) is 8. The molecule has 3 heterocycles. The lowest BCUT2D eigenvalue weighted by molar-refractivity contribution is -0.146. The fourth-order valence-electron chi connectivity index (χ4n) is 6.42. The van der Waals surface area contributed by atoms with Gasteiger partial charge in [-0.3, -0.25) is 19.4 Å². The molecule has 3 amide bonds. The molecule has 2 aliphatic rings. The first kappa shape index (κ1) is 28.2. The van der Waals surface area contributed by atoms with E-state index in [0.29, 0.717) is 23.5 Å². The summed E-state index contributed by atoms with van der Waals surface area (Å²) in [6.45, 7) is 17.4. The van der Waals surface area contributed by atoms with Crippen LogP contribution >= 0.6 is 0 Å². The van der Waals surface area contributed by atoms with Gasteiger partial charge in [0.25, 0.3) is 5.89 Å². The molecule has 1 unspecified atom stereocenters. The second-order valence-corrected chi connectivity index (χ2v) is 12.8. The third kappa shape index (κ3) is 4.26. The molecule has 0 radical (unpaired) electrons. The van der Waals surface area contributed by atoms with E-state index in [4.69, 9.17) is 4.52 Å². The highest BCUT2D eigenvalue weighted by atomic mass is 16.5. The van der Waals surface area contributed by atoms with Crippen LogP contribution in [0.25, 0.3) is 11.5 Å². The highest BCUT2D eigenvalue weighted by Gasteiger charge is 2.85. The summed E-state index contributed by atoms with van der Waals surface area (Å²) in [5.74, 6) is -0.345. The molecular weight excluding hydrogens is 498 g/mol. The van der Waals surface area contributed by atoms with Gasteiger partial charge in [-0.25, -0.2) is 0 Å². The number of likely N-dealkylation sites (tertiary alicyclic amines) is 1. The van der Waals surface area contributed by atoms with Crippen molar-refractivity contribution < 1.29 is 18.9 Å². The monoisotopic (exact) mass is 535 g/mol. The van der Waals surface area contributed by atoms with E-state index >= 15 is 0 Å².